The van der Waals surface area contributed by atoms with Gasteiger partial charge in [-0.2, -0.15) is 0 Å². The average molecular weight is 544 g/mol. The van der Waals surface area contributed by atoms with E-state index in [0.29, 0.717) is 49.0 Å². The molecule has 11 heteroatoms. The van der Waals surface area contributed by atoms with Crippen LogP contribution >= 0.6 is 0 Å². The Labute approximate surface area is 233 Å². The Hall–Kier alpha value is -3.89. The van der Waals surface area contributed by atoms with Crippen molar-refractivity contribution in [3.05, 3.63) is 48.0 Å². The number of hydrogen-bond donors (Lipinski definition) is 4. The molecule has 39 heavy (non-hydrogen) atoms. The fraction of sp³-hybridized carbons (Fsp3) is 0.536. The van der Waals surface area contributed by atoms with Gasteiger partial charge in [0.05, 0.1) is 6.04 Å². The lowest BCUT2D eigenvalue weighted by Gasteiger charge is -2.36. The fourth-order valence-electron chi connectivity index (χ4n) is 4.84. The summed E-state index contributed by atoms with van der Waals surface area (Å²) >= 11 is 0. The van der Waals surface area contributed by atoms with Crippen molar-refractivity contribution >= 4 is 29.9 Å². The standard InChI is InChI=1S/C28H40N6O5/c1-34-19-24(36)39-28(18-12-15-22(28)31-25(29)30)17-11-6-4-2-3-5-10-16-23(35)32-26(34)33-27(37)38-20-21-13-8-7-9-14-21/h4,6-9,13-14,22H,2-3,5,10-12,15-20H2,1H3,(H4,29,30,31)(H,32,33,35,37)/b6-4+/i1D3. The van der Waals surface area contributed by atoms with E-state index in [-0.39, 0.29) is 19.0 Å². The van der Waals surface area contributed by atoms with E-state index < -0.39 is 49.1 Å². The molecule has 0 bridgehead atoms. The van der Waals surface area contributed by atoms with Gasteiger partial charge in [-0.25, -0.2) is 4.79 Å². The summed E-state index contributed by atoms with van der Waals surface area (Å²) in [6, 6.07) is 8.39. The molecular weight excluding hydrogens is 500 g/mol. The maximum absolute atomic E-state index is 13.4. The normalized spacial score (nSPS) is 26.9. The van der Waals surface area contributed by atoms with Gasteiger partial charge in [-0.15, -0.1) is 4.99 Å². The number of benzene rings is 1. The number of carbonyl (C=O) groups is 3. The third kappa shape index (κ3) is 9.73. The fourth-order valence-corrected chi connectivity index (χ4v) is 4.84. The highest BCUT2D eigenvalue weighted by Crippen LogP contribution is 2.38. The van der Waals surface area contributed by atoms with Crippen LogP contribution in [0.15, 0.2) is 47.5 Å². The van der Waals surface area contributed by atoms with Crippen molar-refractivity contribution in [2.24, 2.45) is 10.7 Å². The van der Waals surface area contributed by atoms with Crippen LogP contribution in [0.4, 0.5) is 4.79 Å². The summed E-state index contributed by atoms with van der Waals surface area (Å²) < 4.78 is 35.4. The van der Waals surface area contributed by atoms with Crippen molar-refractivity contribution in [3.63, 3.8) is 0 Å². The van der Waals surface area contributed by atoms with Crippen molar-refractivity contribution in [3.8, 4) is 0 Å². The van der Waals surface area contributed by atoms with Crippen LogP contribution in [0.5, 0.6) is 0 Å². The molecule has 0 saturated heterocycles. The zero-order valence-corrected chi connectivity index (χ0v) is 22.1. The van der Waals surface area contributed by atoms with E-state index in [4.69, 9.17) is 24.7 Å². The first-order chi connectivity index (χ1) is 20.0. The van der Waals surface area contributed by atoms with Crippen LogP contribution in [-0.4, -0.2) is 60.0 Å². The number of carbonyl (C=O) groups excluding carboxylic acids is 3. The van der Waals surface area contributed by atoms with Crippen LogP contribution < -0.4 is 16.4 Å². The number of nitrogens with two attached hydrogens (primary N) is 1. The molecule has 1 aromatic carbocycles. The van der Waals surface area contributed by atoms with E-state index in [0.717, 1.165) is 19.3 Å². The van der Waals surface area contributed by atoms with E-state index >= 15 is 0 Å². The molecule has 2 amide bonds. The van der Waals surface area contributed by atoms with Gasteiger partial charge < -0.3 is 25.4 Å². The Kier molecular flexibility index (Phi) is 9.70. The number of aliphatic imine (C=N–C) groups is 1. The van der Waals surface area contributed by atoms with Crippen molar-refractivity contribution in [2.45, 2.75) is 82.5 Å². The lowest BCUT2D eigenvalue weighted by Crippen LogP contribution is -2.54. The molecule has 1 fully saturated rings. The second kappa shape index (κ2) is 14.9. The van der Waals surface area contributed by atoms with E-state index in [9.17, 15) is 14.4 Å². The molecule has 1 aliphatic carbocycles. The Bertz CT molecular complexity index is 1160. The topological polar surface area (TPSA) is 159 Å². The minimum Gasteiger partial charge on any atom is -0.456 e. The summed E-state index contributed by atoms with van der Waals surface area (Å²) in [7, 11) is 0. The predicted molar refractivity (Wildman–Crippen MR) is 148 cm³/mol. The first kappa shape index (κ1) is 25.4. The first-order valence-corrected chi connectivity index (χ1v) is 13.3. The molecule has 0 radical (unpaired) electrons. The van der Waals surface area contributed by atoms with Crippen LogP contribution in [0.3, 0.4) is 0 Å². The number of ether oxygens (including phenoxy) is 2. The van der Waals surface area contributed by atoms with Gasteiger partial charge in [0.1, 0.15) is 18.8 Å². The summed E-state index contributed by atoms with van der Waals surface area (Å²) in [5.74, 6) is -2.33. The number of allylic oxidation sites excluding steroid dienone is 2. The van der Waals surface area contributed by atoms with Crippen LogP contribution in [0.1, 0.15) is 73.9 Å². The summed E-state index contributed by atoms with van der Waals surface area (Å²) in [6.07, 6.45) is 8.85. The van der Waals surface area contributed by atoms with Gasteiger partial charge >= 0.3 is 12.1 Å². The lowest BCUT2D eigenvalue weighted by atomic mass is 9.91. The van der Waals surface area contributed by atoms with Gasteiger partial charge in [-0.3, -0.25) is 20.3 Å². The molecular formula is C28H40N6O5. The third-order valence-corrected chi connectivity index (χ3v) is 6.75. The number of guanidine groups is 2. The average Bonchev–Trinajstić information content (AvgIpc) is 3.29. The molecule has 2 aliphatic rings. The molecule has 2 atom stereocenters. The van der Waals surface area contributed by atoms with Crippen LogP contribution in [0.2, 0.25) is 0 Å². The minimum absolute atomic E-state index is 0.0720. The number of hydrogen-bond acceptors (Lipinski definition) is 6. The Morgan fingerprint density at radius 3 is 2.79 bits per heavy atom. The van der Waals surface area contributed by atoms with Gasteiger partial charge in [0, 0.05) is 17.5 Å². The highest BCUT2D eigenvalue weighted by molar-refractivity contribution is 6.01. The molecule has 3 rings (SSSR count). The van der Waals surface area contributed by atoms with Gasteiger partial charge in [-0.1, -0.05) is 48.9 Å². The van der Waals surface area contributed by atoms with E-state index in [1.54, 1.807) is 30.3 Å². The molecule has 1 heterocycles. The Balaban J connectivity index is 1.91. The third-order valence-electron chi connectivity index (χ3n) is 6.75. The molecule has 11 nitrogen and oxygen atoms in total. The van der Waals surface area contributed by atoms with Crippen molar-refractivity contribution in [1.29, 1.82) is 5.41 Å². The van der Waals surface area contributed by atoms with Crippen molar-refractivity contribution < 1.29 is 28.0 Å². The molecule has 1 saturated carbocycles. The molecule has 1 aliphatic heterocycles. The predicted octanol–water partition coefficient (Wildman–Crippen LogP) is 3.35. The van der Waals surface area contributed by atoms with Gasteiger partial charge in [0.2, 0.25) is 11.9 Å². The van der Waals surface area contributed by atoms with Gasteiger partial charge in [0.25, 0.3) is 0 Å². The molecule has 0 aromatic heterocycles. The minimum atomic E-state index is -2.98. The van der Waals surface area contributed by atoms with Crippen LogP contribution in [-0.2, 0) is 25.7 Å². The Morgan fingerprint density at radius 2 is 2.03 bits per heavy atom. The number of nitrogens with one attached hydrogen (secondary N) is 3. The van der Waals surface area contributed by atoms with Crippen LogP contribution in [0.25, 0.3) is 0 Å². The van der Waals surface area contributed by atoms with E-state index in [1.165, 1.54) is 0 Å². The number of amides is 2. The number of esters is 1. The van der Waals surface area contributed by atoms with Gasteiger partial charge in [0.15, 0.2) is 5.96 Å². The smallest absolute Gasteiger partial charge is 0.437 e. The number of rotatable bonds is 3. The summed E-state index contributed by atoms with van der Waals surface area (Å²) in [6.45, 7) is -3.93. The SMILES string of the molecule is [2H]C([2H])([2H])N1CC(=O)OC2(CC/C=C/CCCCCC(=O)N/C1=N/C(=O)OCc1ccccc1)CCCC2NC(=N)N. The molecule has 1 aromatic rings. The van der Waals surface area contributed by atoms with Crippen molar-refractivity contribution in [1.82, 2.24) is 15.5 Å². The summed E-state index contributed by atoms with van der Waals surface area (Å²) in [5, 5.41) is 13.0. The maximum atomic E-state index is 13.4. The van der Waals surface area contributed by atoms with Crippen molar-refractivity contribution in [2.75, 3.05) is 13.5 Å². The summed E-state index contributed by atoms with van der Waals surface area (Å²) in [5.41, 5.74) is 5.26. The molecule has 1 spiro atoms. The molecule has 5 N–H and O–H groups in total. The molecule has 2 unspecified atom stereocenters. The zero-order chi connectivity index (χ0) is 30.6. The highest BCUT2D eigenvalue weighted by Gasteiger charge is 2.46. The van der Waals surface area contributed by atoms with E-state index in [1.807, 2.05) is 6.08 Å². The number of likely N-dealkylation sites (N-methyl/N-ethyl adjacent to an activating group) is 1. The second-order valence-corrected chi connectivity index (χ2v) is 9.76. The quantitative estimate of drug-likeness (QED) is 0.195. The van der Waals surface area contributed by atoms with Crippen LogP contribution in [0, 0.1) is 5.41 Å². The Morgan fingerprint density at radius 1 is 1.23 bits per heavy atom. The summed E-state index contributed by atoms with van der Waals surface area (Å²) in [4.78, 5) is 43.1. The maximum Gasteiger partial charge on any atom is 0.437 e. The largest absolute Gasteiger partial charge is 0.456 e. The highest BCUT2D eigenvalue weighted by atomic mass is 16.6. The van der Waals surface area contributed by atoms with Gasteiger partial charge in [-0.05, 0) is 56.9 Å². The monoisotopic (exact) mass is 543 g/mol. The lowest BCUT2D eigenvalue weighted by molar-refractivity contribution is -0.162. The number of nitrogens with zero attached hydrogens (tertiary/aromatic N) is 2. The molecule has 212 valence electrons. The first-order valence-electron chi connectivity index (χ1n) is 14.8. The van der Waals surface area contributed by atoms with E-state index in [2.05, 4.69) is 21.7 Å². The second-order valence-electron chi connectivity index (χ2n) is 9.76. The zero-order valence-electron chi connectivity index (χ0n) is 25.1.